The van der Waals surface area contributed by atoms with Crippen LogP contribution >= 0.6 is 0 Å². The monoisotopic (exact) mass is 290 g/mol. The van der Waals surface area contributed by atoms with Crippen LogP contribution in [0.1, 0.15) is 49.4 Å². The van der Waals surface area contributed by atoms with Crippen molar-refractivity contribution in [3.63, 3.8) is 0 Å². The third-order valence-electron chi connectivity index (χ3n) is 4.65. The van der Waals surface area contributed by atoms with Crippen molar-refractivity contribution in [3.8, 4) is 11.1 Å². The second-order valence-electron chi connectivity index (χ2n) is 6.92. The number of hydrogen-bond donors (Lipinski definition) is 0. The highest BCUT2D eigenvalue weighted by atomic mass is 14.2. The summed E-state index contributed by atoms with van der Waals surface area (Å²) >= 11 is 0. The summed E-state index contributed by atoms with van der Waals surface area (Å²) in [4.78, 5) is 0. The predicted molar refractivity (Wildman–Crippen MR) is 97.1 cm³/mol. The van der Waals surface area contributed by atoms with Crippen LogP contribution in [-0.2, 0) is 12.8 Å². The number of hydrogen-bond acceptors (Lipinski definition) is 0. The first-order valence-electron chi connectivity index (χ1n) is 8.50. The molecule has 3 rings (SSSR count). The number of fused-ring (bicyclic) bond motifs is 1. The van der Waals surface area contributed by atoms with Crippen LogP contribution in [0.4, 0.5) is 0 Å². The quantitative estimate of drug-likeness (QED) is 0.628. The Morgan fingerprint density at radius 1 is 1.05 bits per heavy atom. The minimum absolute atomic E-state index is 0.730. The molecule has 2 aromatic carbocycles. The van der Waals surface area contributed by atoms with Crippen LogP contribution in [0.25, 0.3) is 17.2 Å². The number of rotatable bonds is 4. The Labute approximate surface area is 134 Å². The molecule has 0 aliphatic heterocycles. The van der Waals surface area contributed by atoms with Gasteiger partial charge in [-0.3, -0.25) is 0 Å². The Morgan fingerprint density at radius 2 is 1.82 bits per heavy atom. The summed E-state index contributed by atoms with van der Waals surface area (Å²) in [6, 6.07) is 13.5. The molecule has 1 aliphatic rings. The fourth-order valence-electron chi connectivity index (χ4n) is 3.65. The van der Waals surface area contributed by atoms with E-state index in [1.54, 1.807) is 5.57 Å². The second-order valence-corrected chi connectivity index (χ2v) is 6.92. The largest absolute Gasteiger partial charge is 0.0649 e. The van der Waals surface area contributed by atoms with E-state index in [0.29, 0.717) is 0 Å². The zero-order valence-corrected chi connectivity index (χ0v) is 14.2. The normalized spacial score (nSPS) is 13.4. The van der Waals surface area contributed by atoms with Crippen molar-refractivity contribution in [2.75, 3.05) is 0 Å². The Hall–Kier alpha value is -1.82. The highest BCUT2D eigenvalue weighted by Gasteiger charge is 2.20. The van der Waals surface area contributed by atoms with Crippen molar-refractivity contribution >= 4 is 6.08 Å². The van der Waals surface area contributed by atoms with Crippen molar-refractivity contribution < 1.29 is 0 Å². The highest BCUT2D eigenvalue weighted by Crippen LogP contribution is 2.39. The lowest BCUT2D eigenvalue weighted by molar-refractivity contribution is 0.638. The van der Waals surface area contributed by atoms with Crippen LogP contribution in [0.2, 0.25) is 0 Å². The fourth-order valence-corrected chi connectivity index (χ4v) is 3.65. The van der Waals surface area contributed by atoms with Gasteiger partial charge < -0.3 is 0 Å². The molecule has 0 heterocycles. The van der Waals surface area contributed by atoms with E-state index in [1.165, 1.54) is 39.8 Å². The summed E-state index contributed by atoms with van der Waals surface area (Å²) in [5, 5.41) is 0. The van der Waals surface area contributed by atoms with Gasteiger partial charge in [-0.15, -0.1) is 0 Å². The van der Waals surface area contributed by atoms with E-state index in [4.69, 9.17) is 0 Å². The van der Waals surface area contributed by atoms with Crippen molar-refractivity contribution in [1.82, 2.24) is 0 Å². The minimum Gasteiger partial charge on any atom is -0.0649 e. The summed E-state index contributed by atoms with van der Waals surface area (Å²) in [7, 11) is 0. The maximum absolute atomic E-state index is 2.47. The molecule has 0 nitrogen and oxygen atoms in total. The van der Waals surface area contributed by atoms with Crippen LogP contribution in [0.5, 0.6) is 0 Å². The summed E-state index contributed by atoms with van der Waals surface area (Å²) in [5.41, 5.74) is 10.3. The van der Waals surface area contributed by atoms with Crippen LogP contribution in [0.3, 0.4) is 0 Å². The average Bonchev–Trinajstić information content (AvgIpc) is 2.88. The lowest BCUT2D eigenvalue weighted by Gasteiger charge is -2.15. The van der Waals surface area contributed by atoms with Gasteiger partial charge in [0, 0.05) is 0 Å². The molecule has 0 aromatic heterocycles. The lowest BCUT2D eigenvalue weighted by atomic mass is 9.89. The van der Waals surface area contributed by atoms with E-state index in [9.17, 15) is 0 Å². The highest BCUT2D eigenvalue weighted by molar-refractivity contribution is 5.84. The third-order valence-corrected chi connectivity index (χ3v) is 4.65. The molecule has 114 valence electrons. The van der Waals surface area contributed by atoms with Gasteiger partial charge in [0.2, 0.25) is 0 Å². The standard InChI is InChI=1S/C22H26/c1-5-18-10-11-19-13-17(12-15(2)3)14-21(19)22(18)20-9-7-6-8-16(20)4/h6-11,14-15H,5,12-13H2,1-4H3. The summed E-state index contributed by atoms with van der Waals surface area (Å²) < 4.78 is 0. The van der Waals surface area contributed by atoms with Gasteiger partial charge in [-0.1, -0.05) is 68.8 Å². The van der Waals surface area contributed by atoms with Gasteiger partial charge in [0.05, 0.1) is 0 Å². The van der Waals surface area contributed by atoms with E-state index < -0.39 is 0 Å². The molecule has 0 amide bonds. The van der Waals surface area contributed by atoms with Crippen LogP contribution < -0.4 is 0 Å². The molecule has 0 saturated heterocycles. The molecular formula is C22H26. The van der Waals surface area contributed by atoms with E-state index in [1.807, 2.05) is 0 Å². The molecule has 2 aromatic rings. The molecule has 0 N–H and O–H groups in total. The van der Waals surface area contributed by atoms with Gasteiger partial charge in [-0.05, 0) is 65.5 Å². The Bertz CT molecular complexity index is 717. The molecular weight excluding hydrogens is 264 g/mol. The van der Waals surface area contributed by atoms with Gasteiger partial charge >= 0.3 is 0 Å². The molecule has 0 radical (unpaired) electrons. The number of benzene rings is 2. The van der Waals surface area contributed by atoms with Crippen molar-refractivity contribution in [2.24, 2.45) is 5.92 Å². The summed E-state index contributed by atoms with van der Waals surface area (Å²) in [5.74, 6) is 0.730. The molecule has 0 unspecified atom stereocenters. The van der Waals surface area contributed by atoms with Crippen LogP contribution in [-0.4, -0.2) is 0 Å². The lowest BCUT2D eigenvalue weighted by Crippen LogP contribution is -1.96. The SMILES string of the molecule is CCc1ccc2c(c1-c1ccccc1C)C=C(CC(C)C)C2. The second kappa shape index (κ2) is 6.12. The fraction of sp³-hybridized carbons (Fsp3) is 0.364. The molecule has 0 fully saturated rings. The molecule has 22 heavy (non-hydrogen) atoms. The average molecular weight is 290 g/mol. The number of aryl methyl sites for hydroxylation is 2. The third kappa shape index (κ3) is 2.75. The molecule has 0 bridgehead atoms. The van der Waals surface area contributed by atoms with Crippen LogP contribution in [0.15, 0.2) is 42.0 Å². The summed E-state index contributed by atoms with van der Waals surface area (Å²) in [6.07, 6.45) is 5.90. The number of allylic oxidation sites excluding steroid dienone is 1. The predicted octanol–water partition coefficient (Wildman–Crippen LogP) is 6.21. The first-order chi connectivity index (χ1) is 10.6. The maximum Gasteiger partial charge on any atom is -0.00575 e. The van der Waals surface area contributed by atoms with Crippen LogP contribution in [0, 0.1) is 12.8 Å². The van der Waals surface area contributed by atoms with Gasteiger partial charge in [-0.2, -0.15) is 0 Å². The molecule has 0 atom stereocenters. The Kier molecular flexibility index (Phi) is 4.20. The molecule has 1 aliphatic carbocycles. The Morgan fingerprint density at radius 3 is 2.50 bits per heavy atom. The van der Waals surface area contributed by atoms with E-state index >= 15 is 0 Å². The molecule has 0 heteroatoms. The Balaban J connectivity index is 2.16. The van der Waals surface area contributed by atoms with Gasteiger partial charge in [0.15, 0.2) is 0 Å². The first kappa shape index (κ1) is 15.1. The van der Waals surface area contributed by atoms with Crippen molar-refractivity contribution in [2.45, 2.75) is 47.0 Å². The summed E-state index contributed by atoms with van der Waals surface area (Å²) in [6.45, 7) is 9.10. The van der Waals surface area contributed by atoms with Gasteiger partial charge in [-0.25, -0.2) is 0 Å². The van der Waals surface area contributed by atoms with Crippen molar-refractivity contribution in [1.29, 1.82) is 0 Å². The first-order valence-corrected chi connectivity index (χ1v) is 8.50. The topological polar surface area (TPSA) is 0 Å². The maximum atomic E-state index is 2.47. The van der Waals surface area contributed by atoms with E-state index in [0.717, 1.165) is 18.8 Å². The van der Waals surface area contributed by atoms with Crippen molar-refractivity contribution in [3.05, 3.63) is 64.2 Å². The molecule has 0 saturated carbocycles. The smallest absolute Gasteiger partial charge is 0.00575 e. The van der Waals surface area contributed by atoms with Gasteiger partial charge in [0.25, 0.3) is 0 Å². The van der Waals surface area contributed by atoms with Gasteiger partial charge in [0.1, 0.15) is 0 Å². The minimum atomic E-state index is 0.730. The van der Waals surface area contributed by atoms with E-state index in [-0.39, 0.29) is 0 Å². The molecule has 0 spiro atoms. The zero-order valence-electron chi connectivity index (χ0n) is 14.2. The zero-order chi connectivity index (χ0) is 15.7. The van der Waals surface area contributed by atoms with E-state index in [2.05, 4.69) is 70.2 Å².